The number of rotatable bonds is 8. The molecule has 0 bridgehead atoms. The molecule has 1 N–H and O–H groups in total. The number of hydrogen-bond acceptors (Lipinski definition) is 3. The molecule has 110 valence electrons. The second-order valence-corrected chi connectivity index (χ2v) is 6.05. The smallest absolute Gasteiger partial charge is 0.0702 e. The van der Waals surface area contributed by atoms with Gasteiger partial charge in [-0.15, -0.1) is 6.58 Å². The van der Waals surface area contributed by atoms with Gasteiger partial charge in [-0.1, -0.05) is 18.9 Å². The maximum Gasteiger partial charge on any atom is 0.0702 e. The lowest BCUT2D eigenvalue weighted by Crippen LogP contribution is -2.43. The van der Waals surface area contributed by atoms with Crippen molar-refractivity contribution in [1.82, 2.24) is 4.90 Å². The van der Waals surface area contributed by atoms with Crippen LogP contribution in [0.15, 0.2) is 12.7 Å². The molecule has 2 aliphatic rings. The van der Waals surface area contributed by atoms with Gasteiger partial charge in [0, 0.05) is 25.7 Å². The van der Waals surface area contributed by atoms with Gasteiger partial charge >= 0.3 is 0 Å². The van der Waals surface area contributed by atoms with E-state index >= 15 is 0 Å². The van der Waals surface area contributed by atoms with Gasteiger partial charge in [0.05, 0.1) is 12.2 Å². The minimum absolute atomic E-state index is 0.222. The van der Waals surface area contributed by atoms with Crippen LogP contribution in [0.3, 0.4) is 0 Å². The topological polar surface area (TPSA) is 32.7 Å². The van der Waals surface area contributed by atoms with E-state index in [1.165, 1.54) is 38.5 Å². The van der Waals surface area contributed by atoms with Crippen molar-refractivity contribution in [2.75, 3.05) is 19.7 Å². The van der Waals surface area contributed by atoms with Gasteiger partial charge in [0.2, 0.25) is 0 Å². The van der Waals surface area contributed by atoms with Gasteiger partial charge in [0.15, 0.2) is 0 Å². The average molecular weight is 267 g/mol. The molecule has 2 fully saturated rings. The molecule has 0 radical (unpaired) electrons. The molecule has 2 atom stereocenters. The fraction of sp³-hybridized carbons (Fsp3) is 0.875. The summed E-state index contributed by atoms with van der Waals surface area (Å²) in [7, 11) is 0. The highest BCUT2D eigenvalue weighted by Crippen LogP contribution is 2.25. The van der Waals surface area contributed by atoms with Gasteiger partial charge in [-0.25, -0.2) is 0 Å². The molecule has 19 heavy (non-hydrogen) atoms. The summed E-state index contributed by atoms with van der Waals surface area (Å²) in [5, 5.41) is 10.2. The third-order valence-electron chi connectivity index (χ3n) is 4.45. The van der Waals surface area contributed by atoms with Crippen LogP contribution in [0.2, 0.25) is 0 Å². The SMILES string of the molecule is C=CCCC(O)CN(CC1CCCO1)C1CCCC1. The minimum atomic E-state index is -0.222. The molecule has 0 aromatic carbocycles. The maximum absolute atomic E-state index is 10.2. The van der Waals surface area contributed by atoms with E-state index in [9.17, 15) is 5.11 Å². The Hall–Kier alpha value is -0.380. The van der Waals surface area contributed by atoms with E-state index in [0.29, 0.717) is 12.1 Å². The summed E-state index contributed by atoms with van der Waals surface area (Å²) < 4.78 is 5.77. The van der Waals surface area contributed by atoms with E-state index < -0.39 is 0 Å². The Kier molecular flexibility index (Phi) is 6.35. The monoisotopic (exact) mass is 267 g/mol. The molecule has 0 spiro atoms. The second-order valence-electron chi connectivity index (χ2n) is 6.05. The van der Waals surface area contributed by atoms with E-state index in [-0.39, 0.29) is 6.10 Å². The molecule has 2 rings (SSSR count). The Bertz CT molecular complexity index is 257. The van der Waals surface area contributed by atoms with Crippen LogP contribution in [0.5, 0.6) is 0 Å². The maximum atomic E-state index is 10.2. The molecule has 3 heteroatoms. The lowest BCUT2D eigenvalue weighted by molar-refractivity contribution is 0.0294. The number of aliphatic hydroxyl groups excluding tert-OH is 1. The molecule has 1 aliphatic heterocycles. The zero-order valence-corrected chi connectivity index (χ0v) is 12.1. The summed E-state index contributed by atoms with van der Waals surface area (Å²) >= 11 is 0. The summed E-state index contributed by atoms with van der Waals surface area (Å²) in [6.07, 6.45) is 11.5. The van der Waals surface area contributed by atoms with Crippen LogP contribution >= 0.6 is 0 Å². The van der Waals surface area contributed by atoms with E-state index in [4.69, 9.17) is 4.74 Å². The van der Waals surface area contributed by atoms with Crippen LogP contribution in [-0.4, -0.2) is 48.0 Å². The number of nitrogens with zero attached hydrogens (tertiary/aromatic N) is 1. The Morgan fingerprint density at radius 1 is 1.26 bits per heavy atom. The van der Waals surface area contributed by atoms with E-state index in [2.05, 4.69) is 11.5 Å². The van der Waals surface area contributed by atoms with Crippen LogP contribution in [0, 0.1) is 0 Å². The molecule has 1 saturated carbocycles. The number of aliphatic hydroxyl groups is 1. The molecule has 1 aliphatic carbocycles. The highest BCUT2D eigenvalue weighted by Gasteiger charge is 2.28. The van der Waals surface area contributed by atoms with Crippen molar-refractivity contribution in [3.8, 4) is 0 Å². The molecule has 0 amide bonds. The fourth-order valence-corrected chi connectivity index (χ4v) is 3.36. The Morgan fingerprint density at radius 3 is 2.68 bits per heavy atom. The first-order chi connectivity index (χ1) is 9.29. The number of allylic oxidation sites excluding steroid dienone is 1. The zero-order valence-electron chi connectivity index (χ0n) is 12.1. The quantitative estimate of drug-likeness (QED) is 0.686. The minimum Gasteiger partial charge on any atom is -0.392 e. The van der Waals surface area contributed by atoms with Gasteiger partial charge < -0.3 is 9.84 Å². The first-order valence-corrected chi connectivity index (χ1v) is 7.94. The molecule has 0 aromatic heterocycles. The van der Waals surface area contributed by atoms with Gasteiger partial charge in [-0.3, -0.25) is 4.90 Å². The Balaban J connectivity index is 1.83. The zero-order chi connectivity index (χ0) is 13.5. The highest BCUT2D eigenvalue weighted by molar-refractivity contribution is 4.83. The van der Waals surface area contributed by atoms with Crippen molar-refractivity contribution in [1.29, 1.82) is 0 Å². The molecule has 3 nitrogen and oxygen atoms in total. The van der Waals surface area contributed by atoms with Crippen LogP contribution in [0.1, 0.15) is 51.4 Å². The third-order valence-corrected chi connectivity index (χ3v) is 4.45. The molecular formula is C16H29NO2. The van der Waals surface area contributed by atoms with Gasteiger partial charge in [-0.05, 0) is 38.5 Å². The van der Waals surface area contributed by atoms with Gasteiger partial charge in [0.25, 0.3) is 0 Å². The van der Waals surface area contributed by atoms with Crippen LogP contribution in [-0.2, 0) is 4.74 Å². The van der Waals surface area contributed by atoms with E-state index in [1.54, 1.807) is 0 Å². The normalized spacial score (nSPS) is 26.1. The van der Waals surface area contributed by atoms with E-state index in [0.717, 1.165) is 32.5 Å². The number of ether oxygens (including phenoxy) is 1. The van der Waals surface area contributed by atoms with Crippen molar-refractivity contribution < 1.29 is 9.84 Å². The Labute approximate surface area is 117 Å². The lowest BCUT2D eigenvalue weighted by atomic mass is 10.1. The van der Waals surface area contributed by atoms with Crippen LogP contribution in [0.25, 0.3) is 0 Å². The van der Waals surface area contributed by atoms with Crippen molar-refractivity contribution in [3.05, 3.63) is 12.7 Å². The van der Waals surface area contributed by atoms with Crippen molar-refractivity contribution >= 4 is 0 Å². The van der Waals surface area contributed by atoms with Crippen LogP contribution < -0.4 is 0 Å². The third kappa shape index (κ3) is 4.90. The predicted molar refractivity (Wildman–Crippen MR) is 78.2 cm³/mol. The van der Waals surface area contributed by atoms with E-state index in [1.807, 2.05) is 6.08 Å². The number of hydrogen-bond donors (Lipinski definition) is 1. The summed E-state index contributed by atoms with van der Waals surface area (Å²) in [5.41, 5.74) is 0. The van der Waals surface area contributed by atoms with Crippen LogP contribution in [0.4, 0.5) is 0 Å². The first-order valence-electron chi connectivity index (χ1n) is 7.94. The van der Waals surface area contributed by atoms with Gasteiger partial charge in [-0.2, -0.15) is 0 Å². The second kappa shape index (κ2) is 8.03. The molecular weight excluding hydrogens is 238 g/mol. The molecule has 0 aromatic rings. The molecule has 1 heterocycles. The van der Waals surface area contributed by atoms with Gasteiger partial charge in [0.1, 0.15) is 0 Å². The van der Waals surface area contributed by atoms with Crippen molar-refractivity contribution in [3.63, 3.8) is 0 Å². The largest absolute Gasteiger partial charge is 0.392 e. The van der Waals surface area contributed by atoms with Crippen molar-refractivity contribution in [2.45, 2.75) is 69.6 Å². The molecule has 1 saturated heterocycles. The highest BCUT2D eigenvalue weighted by atomic mass is 16.5. The standard InChI is InChI=1S/C16H29NO2/c1-2-3-9-15(18)12-17(14-7-4-5-8-14)13-16-10-6-11-19-16/h2,14-16,18H,1,3-13H2. The average Bonchev–Trinajstić information content (AvgIpc) is 3.08. The fourth-order valence-electron chi connectivity index (χ4n) is 3.36. The molecule has 2 unspecified atom stereocenters. The summed E-state index contributed by atoms with van der Waals surface area (Å²) in [4.78, 5) is 2.50. The lowest BCUT2D eigenvalue weighted by Gasteiger charge is -2.32. The first kappa shape index (κ1) is 15.0. The summed E-state index contributed by atoms with van der Waals surface area (Å²) in [6.45, 7) is 6.46. The van der Waals surface area contributed by atoms with Crippen molar-refractivity contribution in [2.24, 2.45) is 0 Å². The summed E-state index contributed by atoms with van der Waals surface area (Å²) in [6, 6.07) is 0.669. The Morgan fingerprint density at radius 2 is 2.05 bits per heavy atom. The predicted octanol–water partition coefficient (Wildman–Crippen LogP) is 2.74. The summed E-state index contributed by atoms with van der Waals surface area (Å²) in [5.74, 6) is 0.